The summed E-state index contributed by atoms with van der Waals surface area (Å²) in [4.78, 5) is 11.7. The number of benzene rings is 1. The Labute approximate surface area is 116 Å². The number of fused-ring (bicyclic) bond motifs is 1. The van der Waals surface area contributed by atoms with Crippen LogP contribution in [-0.2, 0) is 11.3 Å². The van der Waals surface area contributed by atoms with E-state index in [1.807, 2.05) is 16.9 Å². The van der Waals surface area contributed by atoms with Crippen molar-refractivity contribution in [2.75, 3.05) is 27.3 Å². The van der Waals surface area contributed by atoms with E-state index in [-0.39, 0.29) is 0 Å². The van der Waals surface area contributed by atoms with E-state index in [9.17, 15) is 4.79 Å². The molecule has 6 heteroatoms. The summed E-state index contributed by atoms with van der Waals surface area (Å²) in [6.07, 6.45) is 1.93. The highest BCUT2D eigenvalue weighted by Gasteiger charge is 2.20. The Morgan fingerprint density at radius 2 is 2.25 bits per heavy atom. The van der Waals surface area contributed by atoms with E-state index in [2.05, 4.69) is 10.4 Å². The SMILES string of the molecule is COC(=O)c1ccc2nn(CC3CNC3)cc2c1OC. The van der Waals surface area contributed by atoms with Crippen LogP contribution < -0.4 is 10.1 Å². The third-order valence-corrected chi connectivity index (χ3v) is 3.61. The topological polar surface area (TPSA) is 65.4 Å². The largest absolute Gasteiger partial charge is 0.495 e. The zero-order valence-corrected chi connectivity index (χ0v) is 11.5. The lowest BCUT2D eigenvalue weighted by atomic mass is 10.0. The molecule has 1 N–H and O–H groups in total. The second-order valence-electron chi connectivity index (χ2n) is 4.95. The molecule has 0 aliphatic carbocycles. The fraction of sp³-hybridized carbons (Fsp3) is 0.429. The van der Waals surface area contributed by atoms with Gasteiger partial charge in [-0.25, -0.2) is 4.79 Å². The minimum atomic E-state index is -0.403. The molecule has 1 aromatic carbocycles. The lowest BCUT2D eigenvalue weighted by Crippen LogP contribution is -2.44. The first-order valence-corrected chi connectivity index (χ1v) is 6.56. The van der Waals surface area contributed by atoms with Crippen LogP contribution in [0.25, 0.3) is 10.9 Å². The fourth-order valence-electron chi connectivity index (χ4n) is 2.44. The molecule has 0 saturated carbocycles. The van der Waals surface area contributed by atoms with Gasteiger partial charge in [0.15, 0.2) is 0 Å². The van der Waals surface area contributed by atoms with Crippen LogP contribution in [-0.4, -0.2) is 43.1 Å². The molecule has 0 unspecified atom stereocenters. The van der Waals surface area contributed by atoms with Gasteiger partial charge in [0.05, 0.1) is 25.1 Å². The second-order valence-corrected chi connectivity index (χ2v) is 4.95. The van der Waals surface area contributed by atoms with Crippen LogP contribution in [0.3, 0.4) is 0 Å². The Hall–Kier alpha value is -2.08. The highest BCUT2D eigenvalue weighted by Crippen LogP contribution is 2.30. The second kappa shape index (κ2) is 5.13. The van der Waals surface area contributed by atoms with E-state index < -0.39 is 5.97 Å². The Bertz CT molecular complexity index is 646. The minimum absolute atomic E-state index is 0.403. The molecule has 6 nitrogen and oxygen atoms in total. The van der Waals surface area contributed by atoms with E-state index in [1.165, 1.54) is 7.11 Å². The molecule has 2 heterocycles. The predicted octanol–water partition coefficient (Wildman–Crippen LogP) is 1.05. The van der Waals surface area contributed by atoms with Crippen LogP contribution in [0.5, 0.6) is 5.75 Å². The number of carbonyl (C=O) groups excluding carboxylic acids is 1. The molecule has 0 atom stereocenters. The summed E-state index contributed by atoms with van der Waals surface area (Å²) in [5.41, 5.74) is 1.24. The number of esters is 1. The molecule has 1 aromatic heterocycles. The van der Waals surface area contributed by atoms with Gasteiger partial charge in [0.2, 0.25) is 0 Å². The van der Waals surface area contributed by atoms with Gasteiger partial charge in [-0.05, 0) is 12.1 Å². The Morgan fingerprint density at radius 1 is 1.45 bits per heavy atom. The maximum Gasteiger partial charge on any atom is 0.341 e. The summed E-state index contributed by atoms with van der Waals surface area (Å²) in [5.74, 6) is 0.738. The van der Waals surface area contributed by atoms with Crippen molar-refractivity contribution >= 4 is 16.9 Å². The van der Waals surface area contributed by atoms with Crippen LogP contribution >= 0.6 is 0 Å². The van der Waals surface area contributed by atoms with Gasteiger partial charge < -0.3 is 14.8 Å². The average molecular weight is 275 g/mol. The zero-order chi connectivity index (χ0) is 14.1. The van der Waals surface area contributed by atoms with Crippen LogP contribution in [0.15, 0.2) is 18.3 Å². The van der Waals surface area contributed by atoms with E-state index in [4.69, 9.17) is 9.47 Å². The van der Waals surface area contributed by atoms with Crippen LogP contribution in [0.4, 0.5) is 0 Å². The van der Waals surface area contributed by atoms with E-state index in [1.54, 1.807) is 13.2 Å². The molecule has 0 amide bonds. The van der Waals surface area contributed by atoms with Gasteiger partial charge in [-0.2, -0.15) is 5.10 Å². The minimum Gasteiger partial charge on any atom is -0.495 e. The molecule has 2 aromatic rings. The van der Waals surface area contributed by atoms with Crippen molar-refractivity contribution in [1.29, 1.82) is 0 Å². The van der Waals surface area contributed by atoms with Gasteiger partial charge in [0.25, 0.3) is 0 Å². The third-order valence-electron chi connectivity index (χ3n) is 3.61. The molecule has 106 valence electrons. The Balaban J connectivity index is 2.01. The van der Waals surface area contributed by atoms with Gasteiger partial charge in [-0.1, -0.05) is 0 Å². The first-order valence-electron chi connectivity index (χ1n) is 6.56. The Morgan fingerprint density at radius 3 is 2.85 bits per heavy atom. The summed E-state index contributed by atoms with van der Waals surface area (Å²) in [5, 5.41) is 8.60. The van der Waals surface area contributed by atoms with E-state index in [0.717, 1.165) is 30.5 Å². The summed E-state index contributed by atoms with van der Waals surface area (Å²) in [7, 11) is 2.91. The summed E-state index contributed by atoms with van der Waals surface area (Å²) in [6.45, 7) is 2.93. The molecule has 3 rings (SSSR count). The highest BCUT2D eigenvalue weighted by molar-refractivity contribution is 6.00. The lowest BCUT2D eigenvalue weighted by Gasteiger charge is -2.26. The molecule has 0 spiro atoms. The standard InChI is InChI=1S/C14H17N3O3/c1-19-13-10(14(18)20-2)3-4-12-11(13)8-17(16-12)7-9-5-15-6-9/h3-4,8-9,15H,5-7H2,1-2H3. The molecule has 20 heavy (non-hydrogen) atoms. The molecule has 1 fully saturated rings. The molecule has 0 radical (unpaired) electrons. The molecule has 0 bridgehead atoms. The van der Waals surface area contributed by atoms with Crippen molar-refractivity contribution in [3.63, 3.8) is 0 Å². The smallest absolute Gasteiger partial charge is 0.341 e. The number of rotatable bonds is 4. The summed E-state index contributed by atoms with van der Waals surface area (Å²) >= 11 is 0. The normalized spacial score (nSPS) is 15.1. The first kappa shape index (κ1) is 12.9. The number of hydrogen-bond acceptors (Lipinski definition) is 5. The van der Waals surface area contributed by atoms with Gasteiger partial charge >= 0.3 is 5.97 Å². The number of nitrogens with one attached hydrogen (secondary N) is 1. The number of carbonyl (C=O) groups is 1. The van der Waals surface area contributed by atoms with Crippen molar-refractivity contribution in [1.82, 2.24) is 15.1 Å². The van der Waals surface area contributed by atoms with Crippen LogP contribution in [0.1, 0.15) is 10.4 Å². The molecular weight excluding hydrogens is 258 g/mol. The predicted molar refractivity (Wildman–Crippen MR) is 74.0 cm³/mol. The molecule has 1 aliphatic heterocycles. The number of ether oxygens (including phenoxy) is 2. The van der Waals surface area contributed by atoms with Gasteiger partial charge in [-0.3, -0.25) is 4.68 Å². The molecule has 1 saturated heterocycles. The number of hydrogen-bond donors (Lipinski definition) is 1. The van der Waals surface area contributed by atoms with Crippen molar-refractivity contribution in [3.05, 3.63) is 23.9 Å². The Kier molecular flexibility index (Phi) is 3.31. The van der Waals surface area contributed by atoms with Gasteiger partial charge in [-0.15, -0.1) is 0 Å². The maximum absolute atomic E-state index is 11.7. The average Bonchev–Trinajstić information content (AvgIpc) is 2.83. The fourth-order valence-corrected chi connectivity index (χ4v) is 2.44. The zero-order valence-electron chi connectivity index (χ0n) is 11.5. The van der Waals surface area contributed by atoms with Crippen LogP contribution in [0, 0.1) is 5.92 Å². The summed E-state index contributed by atoms with van der Waals surface area (Å²) in [6, 6.07) is 3.51. The van der Waals surface area contributed by atoms with Gasteiger partial charge in [0, 0.05) is 31.7 Å². The van der Waals surface area contributed by atoms with Crippen molar-refractivity contribution in [2.45, 2.75) is 6.54 Å². The monoisotopic (exact) mass is 275 g/mol. The maximum atomic E-state index is 11.7. The van der Waals surface area contributed by atoms with Crippen molar-refractivity contribution < 1.29 is 14.3 Å². The highest BCUT2D eigenvalue weighted by atomic mass is 16.5. The third kappa shape index (κ3) is 2.12. The van der Waals surface area contributed by atoms with E-state index >= 15 is 0 Å². The number of nitrogens with zero attached hydrogens (tertiary/aromatic N) is 2. The summed E-state index contributed by atoms with van der Waals surface area (Å²) < 4.78 is 12.1. The van der Waals surface area contributed by atoms with E-state index in [0.29, 0.717) is 17.2 Å². The van der Waals surface area contributed by atoms with Crippen LogP contribution in [0.2, 0.25) is 0 Å². The molecule has 1 aliphatic rings. The molecular formula is C14H17N3O3. The number of aromatic nitrogens is 2. The van der Waals surface area contributed by atoms with Crippen molar-refractivity contribution in [3.8, 4) is 5.75 Å². The quantitative estimate of drug-likeness (QED) is 0.845. The lowest BCUT2D eigenvalue weighted by molar-refractivity contribution is 0.0597. The van der Waals surface area contributed by atoms with Gasteiger partial charge in [0.1, 0.15) is 11.3 Å². The number of methoxy groups -OCH3 is 2. The van der Waals surface area contributed by atoms with Crippen molar-refractivity contribution in [2.24, 2.45) is 5.92 Å². The first-order chi connectivity index (χ1) is 9.72.